The maximum atomic E-state index is 11.1. The van der Waals surface area contributed by atoms with Gasteiger partial charge in [-0.2, -0.15) is 0 Å². The topological polar surface area (TPSA) is 29.5 Å². The maximum Gasteiger partial charge on any atom is 0.157 e. The molecule has 0 aromatic carbocycles. The molecular formula is C11H19NO2. The zero-order valence-electron chi connectivity index (χ0n) is 9.08. The highest BCUT2D eigenvalue weighted by molar-refractivity contribution is 5.92. The van der Waals surface area contributed by atoms with Crippen molar-refractivity contribution in [3.63, 3.8) is 0 Å². The molecule has 0 fully saturated rings. The minimum absolute atomic E-state index is 0.259. The molecular weight excluding hydrogens is 178 g/mol. The van der Waals surface area contributed by atoms with Crippen molar-refractivity contribution in [2.45, 2.75) is 26.7 Å². The molecule has 0 amide bonds. The summed E-state index contributed by atoms with van der Waals surface area (Å²) in [5, 5.41) is 0. The Morgan fingerprint density at radius 3 is 2.71 bits per heavy atom. The van der Waals surface area contributed by atoms with Crippen LogP contribution in [0.1, 0.15) is 26.7 Å². The van der Waals surface area contributed by atoms with Gasteiger partial charge >= 0.3 is 0 Å². The first-order valence-corrected chi connectivity index (χ1v) is 5.34. The van der Waals surface area contributed by atoms with E-state index in [1.165, 1.54) is 5.70 Å². The number of carbonyl (C=O) groups is 1. The lowest BCUT2D eigenvalue weighted by atomic mass is 10.3. The Hall–Kier alpha value is -0.830. The third-order valence-electron chi connectivity index (χ3n) is 2.45. The smallest absolute Gasteiger partial charge is 0.157 e. The second-order valence-electron chi connectivity index (χ2n) is 3.38. The highest BCUT2D eigenvalue weighted by atomic mass is 16.5. The number of allylic oxidation sites excluding steroid dienone is 2. The normalized spacial score (nSPS) is 15.9. The van der Waals surface area contributed by atoms with Crippen LogP contribution in [0.5, 0.6) is 0 Å². The van der Waals surface area contributed by atoms with Gasteiger partial charge in [-0.25, -0.2) is 0 Å². The molecule has 0 aliphatic heterocycles. The number of hydrogen-bond donors (Lipinski definition) is 0. The Morgan fingerprint density at radius 2 is 2.21 bits per heavy atom. The average molecular weight is 197 g/mol. The van der Waals surface area contributed by atoms with E-state index in [4.69, 9.17) is 4.74 Å². The summed E-state index contributed by atoms with van der Waals surface area (Å²) in [6.07, 6.45) is 3.36. The van der Waals surface area contributed by atoms with Gasteiger partial charge in [-0.05, 0) is 20.3 Å². The molecule has 0 aromatic heterocycles. The Balaban J connectivity index is 2.37. The van der Waals surface area contributed by atoms with E-state index in [-0.39, 0.29) is 5.78 Å². The fourth-order valence-electron chi connectivity index (χ4n) is 1.65. The van der Waals surface area contributed by atoms with Crippen LogP contribution in [0, 0.1) is 0 Å². The van der Waals surface area contributed by atoms with Crippen molar-refractivity contribution in [3.8, 4) is 0 Å². The molecule has 1 aliphatic carbocycles. The Labute approximate surface area is 85.7 Å². The zero-order valence-corrected chi connectivity index (χ0v) is 9.08. The van der Waals surface area contributed by atoms with Gasteiger partial charge in [-0.3, -0.25) is 4.79 Å². The summed E-state index contributed by atoms with van der Waals surface area (Å²) >= 11 is 0. The van der Waals surface area contributed by atoms with Gasteiger partial charge in [0.1, 0.15) is 0 Å². The van der Waals surface area contributed by atoms with E-state index < -0.39 is 0 Å². The van der Waals surface area contributed by atoms with E-state index in [1.54, 1.807) is 6.08 Å². The number of carbonyl (C=O) groups excluding carboxylic acids is 1. The number of nitrogens with zero attached hydrogens (tertiary/aromatic N) is 1. The summed E-state index contributed by atoms with van der Waals surface area (Å²) in [5.74, 6) is 0.259. The van der Waals surface area contributed by atoms with Crippen LogP contribution < -0.4 is 0 Å². The predicted octanol–water partition coefficient (Wildman–Crippen LogP) is 1.59. The third-order valence-corrected chi connectivity index (χ3v) is 2.45. The Bertz CT molecular complexity index is 223. The summed E-state index contributed by atoms with van der Waals surface area (Å²) in [6, 6.07) is 0. The largest absolute Gasteiger partial charge is 0.380 e. The molecule has 1 aliphatic rings. The number of hydrogen-bond acceptors (Lipinski definition) is 3. The van der Waals surface area contributed by atoms with Gasteiger partial charge in [-0.1, -0.05) is 0 Å². The highest BCUT2D eigenvalue weighted by Crippen LogP contribution is 2.18. The third kappa shape index (κ3) is 3.14. The van der Waals surface area contributed by atoms with Crippen LogP contribution in [0.4, 0.5) is 0 Å². The van der Waals surface area contributed by atoms with Crippen LogP contribution in [-0.4, -0.2) is 37.0 Å². The van der Waals surface area contributed by atoms with E-state index in [1.807, 2.05) is 6.92 Å². The lowest BCUT2D eigenvalue weighted by molar-refractivity contribution is -0.114. The van der Waals surface area contributed by atoms with Gasteiger partial charge in [0, 0.05) is 37.9 Å². The molecule has 0 radical (unpaired) electrons. The molecule has 0 saturated heterocycles. The molecule has 0 aromatic rings. The Morgan fingerprint density at radius 1 is 1.43 bits per heavy atom. The van der Waals surface area contributed by atoms with Crippen molar-refractivity contribution >= 4 is 5.78 Å². The molecule has 0 saturated carbocycles. The molecule has 3 nitrogen and oxygen atoms in total. The van der Waals surface area contributed by atoms with Crippen molar-refractivity contribution in [1.82, 2.24) is 4.90 Å². The quantitative estimate of drug-likeness (QED) is 0.606. The van der Waals surface area contributed by atoms with Crippen LogP contribution in [0.15, 0.2) is 11.8 Å². The molecule has 0 N–H and O–H groups in total. The standard InChI is InChI=1S/C11H19NO2/c1-3-12(7-8-14-4-2)10-5-6-11(13)9-10/h9H,3-8H2,1-2H3. The van der Waals surface area contributed by atoms with E-state index in [0.29, 0.717) is 6.42 Å². The van der Waals surface area contributed by atoms with Crippen molar-refractivity contribution in [1.29, 1.82) is 0 Å². The summed E-state index contributed by atoms with van der Waals surface area (Å²) in [6.45, 7) is 7.45. The van der Waals surface area contributed by atoms with Gasteiger partial charge < -0.3 is 9.64 Å². The van der Waals surface area contributed by atoms with Gasteiger partial charge in [0.15, 0.2) is 5.78 Å². The number of ether oxygens (including phenoxy) is 1. The van der Waals surface area contributed by atoms with Crippen LogP contribution in [0.2, 0.25) is 0 Å². The molecule has 0 spiro atoms. The summed E-state index contributed by atoms with van der Waals surface area (Å²) < 4.78 is 5.30. The maximum absolute atomic E-state index is 11.1. The molecule has 3 heteroatoms. The summed E-state index contributed by atoms with van der Waals surface area (Å²) in [7, 11) is 0. The van der Waals surface area contributed by atoms with Crippen LogP contribution in [0.3, 0.4) is 0 Å². The highest BCUT2D eigenvalue weighted by Gasteiger charge is 2.16. The van der Waals surface area contributed by atoms with Gasteiger partial charge in [-0.15, -0.1) is 0 Å². The van der Waals surface area contributed by atoms with E-state index >= 15 is 0 Å². The molecule has 0 atom stereocenters. The van der Waals surface area contributed by atoms with E-state index in [2.05, 4.69) is 11.8 Å². The van der Waals surface area contributed by atoms with Crippen LogP contribution in [0.25, 0.3) is 0 Å². The van der Waals surface area contributed by atoms with Gasteiger partial charge in [0.25, 0.3) is 0 Å². The second-order valence-corrected chi connectivity index (χ2v) is 3.38. The molecule has 1 rings (SSSR count). The fraction of sp³-hybridized carbons (Fsp3) is 0.727. The SMILES string of the molecule is CCOCCN(CC)C1=CC(=O)CC1. The number of rotatable bonds is 6. The van der Waals surface area contributed by atoms with Crippen LogP contribution >= 0.6 is 0 Å². The van der Waals surface area contributed by atoms with Gasteiger partial charge in [0.2, 0.25) is 0 Å². The lowest BCUT2D eigenvalue weighted by Crippen LogP contribution is -2.26. The molecule has 0 unspecified atom stereocenters. The summed E-state index contributed by atoms with van der Waals surface area (Å²) in [5.41, 5.74) is 1.18. The van der Waals surface area contributed by atoms with Crippen molar-refractivity contribution in [2.75, 3.05) is 26.3 Å². The van der Waals surface area contributed by atoms with Crippen molar-refractivity contribution < 1.29 is 9.53 Å². The Kier molecular flexibility index (Phi) is 4.66. The molecule has 14 heavy (non-hydrogen) atoms. The first kappa shape index (κ1) is 11.2. The van der Waals surface area contributed by atoms with Crippen molar-refractivity contribution in [3.05, 3.63) is 11.8 Å². The molecule has 0 bridgehead atoms. The number of likely N-dealkylation sites (N-methyl/N-ethyl adjacent to an activating group) is 1. The number of ketones is 1. The van der Waals surface area contributed by atoms with Gasteiger partial charge in [0.05, 0.1) is 6.61 Å². The minimum atomic E-state index is 0.259. The fourth-order valence-corrected chi connectivity index (χ4v) is 1.65. The molecule has 0 heterocycles. The predicted molar refractivity (Wildman–Crippen MR) is 56.1 cm³/mol. The van der Waals surface area contributed by atoms with Crippen LogP contribution in [-0.2, 0) is 9.53 Å². The second kappa shape index (κ2) is 5.81. The first-order chi connectivity index (χ1) is 6.77. The molecule has 80 valence electrons. The zero-order chi connectivity index (χ0) is 10.4. The lowest BCUT2D eigenvalue weighted by Gasteiger charge is -2.23. The average Bonchev–Trinajstić information content (AvgIpc) is 2.60. The van der Waals surface area contributed by atoms with E-state index in [9.17, 15) is 4.79 Å². The van der Waals surface area contributed by atoms with E-state index in [0.717, 1.165) is 32.7 Å². The summed E-state index contributed by atoms with van der Waals surface area (Å²) in [4.78, 5) is 13.3. The first-order valence-electron chi connectivity index (χ1n) is 5.34. The minimum Gasteiger partial charge on any atom is -0.380 e. The van der Waals surface area contributed by atoms with Crippen molar-refractivity contribution in [2.24, 2.45) is 0 Å². The monoisotopic (exact) mass is 197 g/mol.